The fraction of sp³-hybridized carbons (Fsp3) is 0.538. The molecule has 2 unspecified atom stereocenters. The van der Waals surface area contributed by atoms with Gasteiger partial charge in [0, 0.05) is 11.3 Å². The Morgan fingerprint density at radius 1 is 1.42 bits per heavy atom. The highest BCUT2D eigenvalue weighted by Crippen LogP contribution is 2.31. The lowest BCUT2D eigenvalue weighted by molar-refractivity contribution is 0.472. The van der Waals surface area contributed by atoms with Crippen LogP contribution in [0.5, 0.6) is 5.75 Å². The van der Waals surface area contributed by atoms with E-state index in [4.69, 9.17) is 0 Å². The average Bonchev–Trinajstić information content (AvgIpc) is 2.76. The number of hydrogen-bond acceptors (Lipinski definition) is 4. The van der Waals surface area contributed by atoms with Crippen molar-refractivity contribution < 1.29 is 13.5 Å². The summed E-state index contributed by atoms with van der Waals surface area (Å²) >= 11 is 1.81. The van der Waals surface area contributed by atoms with Crippen molar-refractivity contribution in [1.82, 2.24) is 4.72 Å². The van der Waals surface area contributed by atoms with Crippen molar-refractivity contribution in [2.24, 2.45) is 0 Å². The molecule has 1 fully saturated rings. The monoisotopic (exact) mass is 301 g/mol. The van der Waals surface area contributed by atoms with E-state index < -0.39 is 10.0 Å². The molecule has 4 nitrogen and oxygen atoms in total. The van der Waals surface area contributed by atoms with Crippen LogP contribution in [-0.2, 0) is 10.0 Å². The Balaban J connectivity index is 2.13. The molecular formula is C13H19NO3S2. The van der Waals surface area contributed by atoms with Crippen LogP contribution in [0.1, 0.15) is 26.2 Å². The van der Waals surface area contributed by atoms with Gasteiger partial charge < -0.3 is 5.11 Å². The van der Waals surface area contributed by atoms with Gasteiger partial charge in [0.2, 0.25) is 10.0 Å². The molecule has 0 spiro atoms. The van der Waals surface area contributed by atoms with Crippen LogP contribution >= 0.6 is 11.8 Å². The molecule has 1 saturated carbocycles. The molecule has 0 aromatic heterocycles. The third-order valence-corrected chi connectivity index (χ3v) is 6.08. The Bertz CT molecular complexity index is 530. The zero-order valence-corrected chi connectivity index (χ0v) is 12.5. The van der Waals surface area contributed by atoms with Crippen LogP contribution < -0.4 is 4.72 Å². The summed E-state index contributed by atoms with van der Waals surface area (Å²) in [6.45, 7) is 2.09. The summed E-state index contributed by atoms with van der Waals surface area (Å²) in [5.74, 6) is 0.962. The second-order valence-electron chi connectivity index (χ2n) is 4.65. The van der Waals surface area contributed by atoms with E-state index in [1.165, 1.54) is 24.3 Å². The van der Waals surface area contributed by atoms with Crippen LogP contribution in [-0.4, -0.2) is 30.6 Å². The molecular weight excluding hydrogens is 282 g/mol. The van der Waals surface area contributed by atoms with Crippen LogP contribution in [0.2, 0.25) is 0 Å². The molecule has 1 aliphatic rings. The van der Waals surface area contributed by atoms with Crippen molar-refractivity contribution in [3.8, 4) is 5.75 Å². The topological polar surface area (TPSA) is 66.4 Å². The van der Waals surface area contributed by atoms with Crippen LogP contribution in [0.4, 0.5) is 0 Å². The molecule has 0 saturated heterocycles. The molecule has 0 heterocycles. The minimum Gasteiger partial charge on any atom is -0.508 e. The second-order valence-corrected chi connectivity index (χ2v) is 7.88. The first-order valence-electron chi connectivity index (χ1n) is 6.46. The van der Waals surface area contributed by atoms with Crippen LogP contribution in [0, 0.1) is 0 Å². The van der Waals surface area contributed by atoms with Crippen molar-refractivity contribution in [1.29, 1.82) is 0 Å². The van der Waals surface area contributed by atoms with Gasteiger partial charge in [-0.2, -0.15) is 11.8 Å². The van der Waals surface area contributed by atoms with Gasteiger partial charge in [0.05, 0.1) is 4.90 Å². The summed E-state index contributed by atoms with van der Waals surface area (Å²) in [4.78, 5) is 0.125. The number of sulfonamides is 1. The summed E-state index contributed by atoms with van der Waals surface area (Å²) in [7, 11) is -3.54. The van der Waals surface area contributed by atoms with Crippen molar-refractivity contribution in [2.45, 2.75) is 42.4 Å². The maximum absolute atomic E-state index is 12.3. The van der Waals surface area contributed by atoms with Gasteiger partial charge in [-0.3, -0.25) is 0 Å². The van der Waals surface area contributed by atoms with E-state index in [0.717, 1.165) is 25.0 Å². The van der Waals surface area contributed by atoms with Crippen molar-refractivity contribution in [3.63, 3.8) is 0 Å². The van der Waals surface area contributed by atoms with Crippen LogP contribution in [0.3, 0.4) is 0 Å². The molecule has 0 amide bonds. The van der Waals surface area contributed by atoms with Gasteiger partial charge in [0.15, 0.2) is 0 Å². The van der Waals surface area contributed by atoms with E-state index in [2.05, 4.69) is 11.6 Å². The Hall–Kier alpha value is -0.720. The van der Waals surface area contributed by atoms with E-state index in [-0.39, 0.29) is 16.7 Å². The highest BCUT2D eigenvalue weighted by atomic mass is 32.2. The van der Waals surface area contributed by atoms with Gasteiger partial charge in [0.25, 0.3) is 0 Å². The summed E-state index contributed by atoms with van der Waals surface area (Å²) in [6, 6.07) is 5.77. The Morgan fingerprint density at radius 2 is 2.21 bits per heavy atom. The predicted molar refractivity (Wildman–Crippen MR) is 78.0 cm³/mol. The minimum atomic E-state index is -3.54. The highest BCUT2D eigenvalue weighted by Gasteiger charge is 2.31. The normalized spacial score (nSPS) is 23.6. The Labute approximate surface area is 118 Å². The van der Waals surface area contributed by atoms with Crippen molar-refractivity contribution in [2.75, 3.05) is 5.75 Å². The quantitative estimate of drug-likeness (QED) is 0.876. The second kappa shape index (κ2) is 6.15. The lowest BCUT2D eigenvalue weighted by Gasteiger charge is -2.20. The zero-order valence-electron chi connectivity index (χ0n) is 10.9. The van der Waals surface area contributed by atoms with Gasteiger partial charge in [0.1, 0.15) is 5.75 Å². The molecule has 1 aromatic carbocycles. The summed E-state index contributed by atoms with van der Waals surface area (Å²) < 4.78 is 27.3. The fourth-order valence-electron chi connectivity index (χ4n) is 2.39. The Kier molecular flexibility index (Phi) is 4.76. The molecule has 6 heteroatoms. The van der Waals surface area contributed by atoms with Gasteiger partial charge >= 0.3 is 0 Å². The molecule has 0 radical (unpaired) electrons. The van der Waals surface area contributed by atoms with Crippen LogP contribution in [0.25, 0.3) is 0 Å². The van der Waals surface area contributed by atoms with Gasteiger partial charge in [-0.1, -0.05) is 19.4 Å². The number of rotatable bonds is 5. The Morgan fingerprint density at radius 3 is 2.89 bits per heavy atom. The van der Waals surface area contributed by atoms with Gasteiger partial charge in [-0.25, -0.2) is 13.1 Å². The van der Waals surface area contributed by atoms with Crippen molar-refractivity contribution in [3.05, 3.63) is 24.3 Å². The molecule has 1 aliphatic carbocycles. The first kappa shape index (κ1) is 14.7. The molecule has 19 heavy (non-hydrogen) atoms. The first-order valence-corrected chi connectivity index (χ1v) is 8.99. The smallest absolute Gasteiger partial charge is 0.240 e. The van der Waals surface area contributed by atoms with Gasteiger partial charge in [-0.15, -0.1) is 0 Å². The predicted octanol–water partition coefficient (Wildman–Crippen LogP) is 2.34. The summed E-state index contributed by atoms with van der Waals surface area (Å²) in [6.07, 6.45) is 3.01. The molecule has 2 rings (SSSR count). The molecule has 2 N–H and O–H groups in total. The van der Waals surface area contributed by atoms with E-state index in [9.17, 15) is 13.5 Å². The number of benzene rings is 1. The molecule has 0 aliphatic heterocycles. The summed E-state index contributed by atoms with van der Waals surface area (Å²) in [5, 5.41) is 9.74. The largest absolute Gasteiger partial charge is 0.508 e. The minimum absolute atomic E-state index is 0.00250. The number of hydrogen-bond donors (Lipinski definition) is 2. The third kappa shape index (κ3) is 3.64. The zero-order chi connectivity index (χ0) is 13.9. The maximum Gasteiger partial charge on any atom is 0.240 e. The SMILES string of the molecule is CCSC1CCCC1NS(=O)(=O)c1cccc(O)c1. The average molecular weight is 301 g/mol. The number of phenolic OH excluding ortho intramolecular Hbond substituents is 1. The number of phenols is 1. The lowest BCUT2D eigenvalue weighted by atomic mass is 10.3. The number of thioether (sulfide) groups is 1. The highest BCUT2D eigenvalue weighted by molar-refractivity contribution is 8.00. The first-order chi connectivity index (χ1) is 9.03. The number of aromatic hydroxyl groups is 1. The molecule has 0 bridgehead atoms. The van der Waals surface area contributed by atoms with E-state index >= 15 is 0 Å². The standard InChI is InChI=1S/C13H19NO3S2/c1-2-18-13-8-4-7-12(13)14-19(16,17)11-6-3-5-10(15)9-11/h3,5-6,9,12-15H,2,4,7-8H2,1H3. The number of nitrogens with one attached hydrogen (secondary N) is 1. The fourth-order valence-corrected chi connectivity index (χ4v) is 5.03. The molecule has 1 aromatic rings. The van der Waals surface area contributed by atoms with E-state index in [0.29, 0.717) is 5.25 Å². The van der Waals surface area contributed by atoms with Gasteiger partial charge in [-0.05, 0) is 36.8 Å². The lowest BCUT2D eigenvalue weighted by Crippen LogP contribution is -2.38. The van der Waals surface area contributed by atoms with Crippen molar-refractivity contribution >= 4 is 21.8 Å². The van der Waals surface area contributed by atoms with E-state index in [1.54, 1.807) is 0 Å². The molecule has 106 valence electrons. The van der Waals surface area contributed by atoms with Crippen LogP contribution in [0.15, 0.2) is 29.2 Å². The third-order valence-electron chi connectivity index (χ3n) is 3.27. The summed E-state index contributed by atoms with van der Waals surface area (Å²) in [5.41, 5.74) is 0. The molecule has 2 atom stereocenters. The van der Waals surface area contributed by atoms with E-state index in [1.807, 2.05) is 11.8 Å². The maximum atomic E-state index is 12.3.